The molecule has 0 heterocycles. The first-order valence-electron chi connectivity index (χ1n) is 5.42. The maximum absolute atomic E-state index is 11.3. The van der Waals surface area contributed by atoms with Crippen LogP contribution < -0.4 is 5.32 Å². The van der Waals surface area contributed by atoms with E-state index in [1.807, 2.05) is 0 Å². The molecule has 0 bridgehead atoms. The third-order valence-electron chi connectivity index (χ3n) is 2.40. The number of benzene rings is 1. The van der Waals surface area contributed by atoms with Crippen LogP contribution in [0, 0.1) is 0 Å². The van der Waals surface area contributed by atoms with Gasteiger partial charge in [-0.15, -0.1) is 0 Å². The summed E-state index contributed by atoms with van der Waals surface area (Å²) in [5.74, 6) is 0.151. The molecular formula is C12H18N2O3. The minimum Gasteiger partial charge on any atom is -0.508 e. The minimum atomic E-state index is 0.0361. The number of carbonyl (C=O) groups excluding carboxylic acids is 1. The lowest BCUT2D eigenvalue weighted by atomic mass is 10.2. The van der Waals surface area contributed by atoms with Crippen LogP contribution in [0.5, 0.6) is 11.5 Å². The molecule has 0 aromatic heterocycles. The van der Waals surface area contributed by atoms with E-state index in [1.165, 1.54) is 12.1 Å². The predicted octanol–water partition coefficient (Wildman–Crippen LogP) is 0.666. The van der Waals surface area contributed by atoms with Crippen LogP contribution in [0.4, 0.5) is 0 Å². The molecule has 1 aromatic carbocycles. The Morgan fingerprint density at radius 1 is 1.35 bits per heavy atom. The Balaban J connectivity index is 2.34. The Bertz CT molecular complexity index is 391. The van der Waals surface area contributed by atoms with E-state index in [1.54, 1.807) is 25.1 Å². The zero-order valence-corrected chi connectivity index (χ0v) is 10.1. The van der Waals surface area contributed by atoms with Gasteiger partial charge < -0.3 is 20.4 Å². The highest BCUT2D eigenvalue weighted by atomic mass is 16.3. The molecule has 0 aliphatic rings. The van der Waals surface area contributed by atoms with E-state index in [0.29, 0.717) is 25.1 Å². The largest absolute Gasteiger partial charge is 0.508 e. The molecule has 0 radical (unpaired) electrons. The van der Waals surface area contributed by atoms with Gasteiger partial charge in [-0.2, -0.15) is 0 Å². The lowest BCUT2D eigenvalue weighted by Gasteiger charge is -2.11. The number of nitrogens with zero attached hydrogens (tertiary/aromatic N) is 1. The Morgan fingerprint density at radius 3 is 2.65 bits per heavy atom. The summed E-state index contributed by atoms with van der Waals surface area (Å²) in [5, 5.41) is 21.7. The van der Waals surface area contributed by atoms with Gasteiger partial charge in [0.2, 0.25) is 5.91 Å². The summed E-state index contributed by atoms with van der Waals surface area (Å²) >= 11 is 0. The summed E-state index contributed by atoms with van der Waals surface area (Å²) in [6, 6.07) is 4.45. The van der Waals surface area contributed by atoms with Gasteiger partial charge in [0.1, 0.15) is 11.5 Å². The average molecular weight is 238 g/mol. The van der Waals surface area contributed by atoms with Crippen molar-refractivity contribution in [3.8, 4) is 11.5 Å². The number of rotatable bonds is 5. The van der Waals surface area contributed by atoms with E-state index in [-0.39, 0.29) is 17.4 Å². The Hall–Kier alpha value is -1.75. The third kappa shape index (κ3) is 4.32. The standard InChI is InChI=1S/C12H18N2O3/c1-14(2)12(17)5-6-13-8-9-3-4-10(15)7-11(9)16/h3-4,7,13,15-16H,5-6,8H2,1-2H3. The molecule has 0 aliphatic heterocycles. The van der Waals surface area contributed by atoms with Gasteiger partial charge in [-0.3, -0.25) is 4.79 Å². The van der Waals surface area contributed by atoms with Crippen molar-refractivity contribution in [1.29, 1.82) is 0 Å². The van der Waals surface area contributed by atoms with Crippen LogP contribution >= 0.6 is 0 Å². The highest BCUT2D eigenvalue weighted by molar-refractivity contribution is 5.75. The molecule has 0 saturated carbocycles. The number of aromatic hydroxyl groups is 2. The number of phenolic OH excluding ortho intramolecular Hbond substituents is 2. The van der Waals surface area contributed by atoms with E-state index >= 15 is 0 Å². The molecule has 1 aromatic rings. The molecule has 0 spiro atoms. The van der Waals surface area contributed by atoms with Gasteiger partial charge in [0.25, 0.3) is 0 Å². The SMILES string of the molecule is CN(C)C(=O)CCNCc1ccc(O)cc1O. The summed E-state index contributed by atoms with van der Waals surface area (Å²) in [5.41, 5.74) is 0.695. The van der Waals surface area contributed by atoms with Crippen molar-refractivity contribution < 1.29 is 15.0 Å². The maximum Gasteiger partial charge on any atom is 0.223 e. The summed E-state index contributed by atoms with van der Waals surface area (Å²) in [6.45, 7) is 1.02. The molecule has 5 heteroatoms. The predicted molar refractivity (Wildman–Crippen MR) is 64.8 cm³/mol. The molecule has 0 fully saturated rings. The molecule has 0 saturated heterocycles. The molecule has 1 rings (SSSR count). The Labute approximate surface area is 101 Å². The molecule has 0 unspecified atom stereocenters. The molecule has 94 valence electrons. The lowest BCUT2D eigenvalue weighted by molar-refractivity contribution is -0.128. The first kappa shape index (κ1) is 13.3. The summed E-state index contributed by atoms with van der Waals surface area (Å²) in [4.78, 5) is 12.8. The van der Waals surface area contributed by atoms with E-state index in [9.17, 15) is 9.90 Å². The topological polar surface area (TPSA) is 72.8 Å². The number of hydrogen-bond donors (Lipinski definition) is 3. The molecular weight excluding hydrogens is 220 g/mol. The van der Waals surface area contributed by atoms with Crippen LogP contribution in [-0.4, -0.2) is 41.7 Å². The van der Waals surface area contributed by atoms with Crippen molar-refractivity contribution in [3.63, 3.8) is 0 Å². The lowest BCUT2D eigenvalue weighted by Crippen LogP contribution is -2.26. The van der Waals surface area contributed by atoms with Gasteiger partial charge in [-0.1, -0.05) is 6.07 Å². The number of amides is 1. The summed E-state index contributed by atoms with van der Waals surface area (Å²) in [6.07, 6.45) is 0.422. The average Bonchev–Trinajstić information content (AvgIpc) is 2.26. The van der Waals surface area contributed by atoms with Gasteiger partial charge in [0.05, 0.1) is 0 Å². The highest BCUT2D eigenvalue weighted by Gasteiger charge is 2.04. The number of phenols is 2. The number of hydrogen-bond acceptors (Lipinski definition) is 4. The van der Waals surface area contributed by atoms with Crippen LogP contribution in [0.15, 0.2) is 18.2 Å². The van der Waals surface area contributed by atoms with E-state index in [4.69, 9.17) is 5.11 Å². The fourth-order valence-corrected chi connectivity index (χ4v) is 1.34. The molecule has 3 N–H and O–H groups in total. The van der Waals surface area contributed by atoms with Crippen LogP contribution in [-0.2, 0) is 11.3 Å². The van der Waals surface area contributed by atoms with E-state index in [0.717, 1.165) is 0 Å². The van der Waals surface area contributed by atoms with Crippen LogP contribution in [0.25, 0.3) is 0 Å². The van der Waals surface area contributed by atoms with Gasteiger partial charge in [-0.25, -0.2) is 0 Å². The van der Waals surface area contributed by atoms with Gasteiger partial charge >= 0.3 is 0 Å². The second-order valence-electron chi connectivity index (χ2n) is 4.03. The van der Waals surface area contributed by atoms with Gasteiger partial charge in [0.15, 0.2) is 0 Å². The van der Waals surface area contributed by atoms with E-state index in [2.05, 4.69) is 5.32 Å². The summed E-state index contributed by atoms with van der Waals surface area (Å²) in [7, 11) is 3.43. The van der Waals surface area contributed by atoms with Crippen LogP contribution in [0.1, 0.15) is 12.0 Å². The van der Waals surface area contributed by atoms with Crippen molar-refractivity contribution in [2.75, 3.05) is 20.6 Å². The normalized spacial score (nSPS) is 10.2. The molecule has 17 heavy (non-hydrogen) atoms. The molecule has 5 nitrogen and oxygen atoms in total. The Kier molecular flexibility index (Phi) is 4.78. The quantitative estimate of drug-likeness (QED) is 0.659. The molecule has 0 atom stereocenters. The summed E-state index contributed by atoms with van der Waals surface area (Å²) < 4.78 is 0. The highest BCUT2D eigenvalue weighted by Crippen LogP contribution is 2.22. The van der Waals surface area contributed by atoms with Crippen molar-refractivity contribution in [2.45, 2.75) is 13.0 Å². The zero-order chi connectivity index (χ0) is 12.8. The smallest absolute Gasteiger partial charge is 0.223 e. The maximum atomic E-state index is 11.3. The fraction of sp³-hybridized carbons (Fsp3) is 0.417. The molecule has 0 aliphatic carbocycles. The third-order valence-corrected chi connectivity index (χ3v) is 2.40. The second-order valence-corrected chi connectivity index (χ2v) is 4.03. The fourth-order valence-electron chi connectivity index (χ4n) is 1.34. The van der Waals surface area contributed by atoms with Gasteiger partial charge in [-0.05, 0) is 6.07 Å². The molecule has 1 amide bonds. The van der Waals surface area contributed by atoms with Crippen molar-refractivity contribution in [1.82, 2.24) is 10.2 Å². The number of nitrogens with one attached hydrogen (secondary N) is 1. The van der Waals surface area contributed by atoms with E-state index < -0.39 is 0 Å². The first-order valence-corrected chi connectivity index (χ1v) is 5.42. The van der Waals surface area contributed by atoms with Crippen molar-refractivity contribution in [3.05, 3.63) is 23.8 Å². The first-order chi connectivity index (χ1) is 8.00. The second kappa shape index (κ2) is 6.10. The van der Waals surface area contributed by atoms with Crippen molar-refractivity contribution in [2.24, 2.45) is 0 Å². The zero-order valence-electron chi connectivity index (χ0n) is 10.1. The Morgan fingerprint density at radius 2 is 2.06 bits per heavy atom. The monoisotopic (exact) mass is 238 g/mol. The van der Waals surface area contributed by atoms with Crippen molar-refractivity contribution >= 4 is 5.91 Å². The van der Waals surface area contributed by atoms with Crippen LogP contribution in [0.2, 0.25) is 0 Å². The van der Waals surface area contributed by atoms with Crippen LogP contribution in [0.3, 0.4) is 0 Å². The minimum absolute atomic E-state index is 0.0361. The van der Waals surface area contributed by atoms with Gasteiger partial charge in [0, 0.05) is 45.2 Å². The number of carbonyl (C=O) groups is 1.